The monoisotopic (exact) mass is 322 g/mol. The average molecular weight is 322 g/mol. The van der Waals surface area contributed by atoms with E-state index in [2.05, 4.69) is 17.2 Å². The lowest BCUT2D eigenvalue weighted by Crippen LogP contribution is -2.51. The Kier molecular flexibility index (Phi) is 5.35. The number of phenols is 1. The molecule has 0 bridgehead atoms. The lowest BCUT2D eigenvalue weighted by Gasteiger charge is -2.35. The number of methoxy groups -OCH3 is 1. The number of hydrogen-bond acceptors (Lipinski definition) is 5. The summed E-state index contributed by atoms with van der Waals surface area (Å²) in [7, 11) is 1.53. The molecule has 118 valence electrons. The van der Waals surface area contributed by atoms with E-state index >= 15 is 0 Å². The molecule has 22 heavy (non-hydrogen) atoms. The Hall–Kier alpha value is -2.12. The Bertz CT molecular complexity index is 591. The zero-order valence-electron chi connectivity index (χ0n) is 12.2. The van der Waals surface area contributed by atoms with E-state index in [9.17, 15) is 9.90 Å². The van der Waals surface area contributed by atoms with Crippen LogP contribution in [0.5, 0.6) is 5.75 Å². The third-order valence-corrected chi connectivity index (χ3v) is 3.55. The minimum absolute atomic E-state index is 0.0761. The molecule has 1 aliphatic rings. The van der Waals surface area contributed by atoms with Crippen molar-refractivity contribution in [2.24, 2.45) is 5.92 Å². The lowest BCUT2D eigenvalue weighted by atomic mass is 9.88. The van der Waals surface area contributed by atoms with Gasteiger partial charge in [-0.25, -0.2) is 0 Å². The zero-order valence-corrected chi connectivity index (χ0v) is 13.0. The van der Waals surface area contributed by atoms with Crippen molar-refractivity contribution < 1.29 is 19.4 Å². The Morgan fingerprint density at radius 1 is 1.41 bits per heavy atom. The SMILES string of the molecule is C=C1NC(=S)N[C@H](c2ccccc2O)[C@H]1C(=O)OCCOC. The van der Waals surface area contributed by atoms with Gasteiger partial charge in [-0.2, -0.15) is 0 Å². The molecule has 0 amide bonds. The molecular formula is C15H18N2O4S. The van der Waals surface area contributed by atoms with E-state index in [-0.39, 0.29) is 12.4 Å². The van der Waals surface area contributed by atoms with Crippen LogP contribution >= 0.6 is 12.2 Å². The van der Waals surface area contributed by atoms with Crippen LogP contribution < -0.4 is 10.6 Å². The van der Waals surface area contributed by atoms with Crippen LogP contribution in [-0.4, -0.2) is 36.5 Å². The highest BCUT2D eigenvalue weighted by Crippen LogP contribution is 2.34. The number of esters is 1. The third-order valence-electron chi connectivity index (χ3n) is 3.33. The molecule has 1 fully saturated rings. The maximum Gasteiger partial charge on any atom is 0.317 e. The molecule has 0 spiro atoms. The zero-order chi connectivity index (χ0) is 16.1. The molecule has 1 heterocycles. The number of ether oxygens (including phenoxy) is 2. The molecular weight excluding hydrogens is 304 g/mol. The van der Waals surface area contributed by atoms with Gasteiger partial charge in [0, 0.05) is 18.4 Å². The molecule has 2 rings (SSSR count). The first-order chi connectivity index (χ1) is 10.5. The summed E-state index contributed by atoms with van der Waals surface area (Å²) in [4.78, 5) is 12.3. The number of phenolic OH excluding ortho intramolecular Hbond substituents is 1. The Morgan fingerprint density at radius 3 is 2.82 bits per heavy atom. The van der Waals surface area contributed by atoms with Gasteiger partial charge >= 0.3 is 5.97 Å². The lowest BCUT2D eigenvalue weighted by molar-refractivity contribution is -0.149. The van der Waals surface area contributed by atoms with E-state index in [1.807, 2.05) is 0 Å². The number of rotatable bonds is 5. The summed E-state index contributed by atoms with van der Waals surface area (Å²) in [5.74, 6) is -1.10. The van der Waals surface area contributed by atoms with E-state index in [1.165, 1.54) is 7.11 Å². The molecule has 0 radical (unpaired) electrons. The minimum atomic E-state index is -0.711. The minimum Gasteiger partial charge on any atom is -0.508 e. The maximum atomic E-state index is 12.3. The quantitative estimate of drug-likeness (QED) is 0.427. The van der Waals surface area contributed by atoms with Crippen LogP contribution in [-0.2, 0) is 14.3 Å². The van der Waals surface area contributed by atoms with Gasteiger partial charge in [-0.1, -0.05) is 24.8 Å². The number of benzene rings is 1. The largest absolute Gasteiger partial charge is 0.508 e. The molecule has 0 saturated carbocycles. The first-order valence-electron chi connectivity index (χ1n) is 6.74. The summed E-state index contributed by atoms with van der Waals surface area (Å²) in [6.45, 7) is 4.31. The van der Waals surface area contributed by atoms with Gasteiger partial charge in [0.05, 0.1) is 12.6 Å². The van der Waals surface area contributed by atoms with Gasteiger partial charge in [0.15, 0.2) is 5.11 Å². The van der Waals surface area contributed by atoms with Crippen LogP contribution in [0.2, 0.25) is 0 Å². The molecule has 2 atom stereocenters. The second kappa shape index (κ2) is 7.24. The van der Waals surface area contributed by atoms with Crippen molar-refractivity contribution in [2.75, 3.05) is 20.3 Å². The molecule has 0 aliphatic carbocycles. The smallest absolute Gasteiger partial charge is 0.317 e. The van der Waals surface area contributed by atoms with E-state index in [0.717, 1.165) is 0 Å². The predicted octanol–water partition coefficient (Wildman–Crippen LogP) is 1.23. The third kappa shape index (κ3) is 3.55. The molecule has 1 saturated heterocycles. The Morgan fingerprint density at radius 2 is 2.14 bits per heavy atom. The van der Waals surface area contributed by atoms with Crippen molar-refractivity contribution in [3.63, 3.8) is 0 Å². The summed E-state index contributed by atoms with van der Waals surface area (Å²) >= 11 is 5.11. The molecule has 3 N–H and O–H groups in total. The van der Waals surface area contributed by atoms with Gasteiger partial charge in [0.1, 0.15) is 18.3 Å². The summed E-state index contributed by atoms with van der Waals surface area (Å²) in [5, 5.41) is 16.2. The van der Waals surface area contributed by atoms with Crippen molar-refractivity contribution in [1.82, 2.24) is 10.6 Å². The molecule has 1 aromatic rings. The van der Waals surface area contributed by atoms with Gasteiger partial charge in [-0.15, -0.1) is 0 Å². The number of hydrogen-bond donors (Lipinski definition) is 3. The van der Waals surface area contributed by atoms with E-state index in [1.54, 1.807) is 24.3 Å². The standard InChI is InChI=1S/C15H18N2O4S/c1-9-12(14(19)21-8-7-20-2)13(17-15(22)16-9)10-5-3-4-6-11(10)18/h3-6,12-13,18H,1,7-8H2,2H3,(H2,16,17,22)/t12-,13+/m0/s1. The highest BCUT2D eigenvalue weighted by Gasteiger charge is 2.38. The summed E-state index contributed by atoms with van der Waals surface area (Å²) in [6.07, 6.45) is 0. The van der Waals surface area contributed by atoms with Gasteiger partial charge in [0.2, 0.25) is 0 Å². The Balaban J connectivity index is 2.26. The van der Waals surface area contributed by atoms with Crippen LogP contribution in [0.15, 0.2) is 36.5 Å². The number of carbonyl (C=O) groups is 1. The fourth-order valence-corrected chi connectivity index (χ4v) is 2.55. The van der Waals surface area contributed by atoms with Gasteiger partial charge in [0.25, 0.3) is 0 Å². The number of thiocarbonyl (C=S) groups is 1. The van der Waals surface area contributed by atoms with Crippen LogP contribution in [0, 0.1) is 5.92 Å². The maximum absolute atomic E-state index is 12.3. The first kappa shape index (κ1) is 16.3. The highest BCUT2D eigenvalue weighted by molar-refractivity contribution is 7.80. The van der Waals surface area contributed by atoms with Crippen molar-refractivity contribution in [3.8, 4) is 5.75 Å². The van der Waals surface area contributed by atoms with Crippen molar-refractivity contribution >= 4 is 23.3 Å². The molecule has 7 heteroatoms. The number of carbonyl (C=O) groups excluding carboxylic acids is 1. The molecule has 1 aromatic carbocycles. The fraction of sp³-hybridized carbons (Fsp3) is 0.333. The van der Waals surface area contributed by atoms with Crippen LogP contribution in [0.25, 0.3) is 0 Å². The average Bonchev–Trinajstić information content (AvgIpc) is 2.47. The number of nitrogens with one attached hydrogen (secondary N) is 2. The highest BCUT2D eigenvalue weighted by atomic mass is 32.1. The Labute approximate surface area is 134 Å². The van der Waals surface area contributed by atoms with Crippen LogP contribution in [0.1, 0.15) is 11.6 Å². The van der Waals surface area contributed by atoms with Gasteiger partial charge in [-0.05, 0) is 18.3 Å². The molecule has 6 nitrogen and oxygen atoms in total. The summed E-state index contributed by atoms with van der Waals surface area (Å²) in [5.41, 5.74) is 0.987. The molecule has 1 aliphatic heterocycles. The second-order valence-corrected chi connectivity index (χ2v) is 5.21. The first-order valence-corrected chi connectivity index (χ1v) is 7.15. The van der Waals surface area contributed by atoms with E-state index in [0.29, 0.717) is 23.0 Å². The van der Waals surface area contributed by atoms with Crippen LogP contribution in [0.3, 0.4) is 0 Å². The van der Waals surface area contributed by atoms with Crippen molar-refractivity contribution in [2.45, 2.75) is 6.04 Å². The van der Waals surface area contributed by atoms with Gasteiger partial charge in [-0.3, -0.25) is 4.79 Å². The number of para-hydroxylation sites is 1. The summed E-state index contributed by atoms with van der Waals surface area (Å²) in [6, 6.07) is 6.22. The molecule has 0 aromatic heterocycles. The van der Waals surface area contributed by atoms with E-state index < -0.39 is 17.9 Å². The molecule has 0 unspecified atom stereocenters. The summed E-state index contributed by atoms with van der Waals surface area (Å²) < 4.78 is 10.1. The number of aromatic hydroxyl groups is 1. The van der Waals surface area contributed by atoms with Gasteiger partial charge < -0.3 is 25.2 Å². The van der Waals surface area contributed by atoms with Crippen molar-refractivity contribution in [3.05, 3.63) is 42.1 Å². The van der Waals surface area contributed by atoms with Crippen LogP contribution in [0.4, 0.5) is 0 Å². The normalized spacial score (nSPS) is 21.0. The van der Waals surface area contributed by atoms with E-state index in [4.69, 9.17) is 21.7 Å². The second-order valence-electron chi connectivity index (χ2n) is 4.80. The van der Waals surface area contributed by atoms with Crippen molar-refractivity contribution in [1.29, 1.82) is 0 Å². The fourth-order valence-electron chi connectivity index (χ4n) is 2.29. The topological polar surface area (TPSA) is 79.8 Å². The predicted molar refractivity (Wildman–Crippen MR) is 85.2 cm³/mol.